The van der Waals surface area contributed by atoms with Crippen molar-refractivity contribution in [2.45, 2.75) is 57.2 Å². The van der Waals surface area contributed by atoms with Crippen molar-refractivity contribution in [3.05, 3.63) is 93.5 Å². The van der Waals surface area contributed by atoms with Gasteiger partial charge in [-0.2, -0.15) is 0 Å². The van der Waals surface area contributed by atoms with E-state index in [1.807, 2.05) is 48.5 Å². The summed E-state index contributed by atoms with van der Waals surface area (Å²) in [6, 6.07) is 20.8. The average Bonchev–Trinajstić information content (AvgIpc) is 3.70. The molecule has 4 aromatic rings. The van der Waals surface area contributed by atoms with E-state index in [2.05, 4.69) is 75.1 Å². The van der Waals surface area contributed by atoms with Crippen LogP contribution in [0.5, 0.6) is 0 Å². The van der Waals surface area contributed by atoms with Crippen LogP contribution in [0.1, 0.15) is 49.8 Å². The van der Waals surface area contributed by atoms with Crippen LogP contribution in [0.15, 0.2) is 66.7 Å². The van der Waals surface area contributed by atoms with Gasteiger partial charge in [0.2, 0.25) is 5.91 Å². The second-order valence-corrected chi connectivity index (χ2v) is 13.9. The van der Waals surface area contributed by atoms with Crippen molar-refractivity contribution >= 4 is 40.8 Å². The number of carboxylic acids is 1. The molecule has 1 amide bonds. The predicted molar refractivity (Wildman–Crippen MR) is 173 cm³/mol. The number of nitrogens with zero attached hydrogens (tertiary/aromatic N) is 4. The molecule has 1 fully saturated rings. The van der Waals surface area contributed by atoms with Gasteiger partial charge in [0, 0.05) is 51.8 Å². The highest BCUT2D eigenvalue weighted by molar-refractivity contribution is 6.31. The fraction of sp³-hybridized carbons (Fsp3) is 0.364. The molecule has 1 spiro atoms. The summed E-state index contributed by atoms with van der Waals surface area (Å²) in [4.78, 5) is 27.6. The Kier molecular flexibility index (Phi) is 8.32. The lowest BCUT2D eigenvalue weighted by Crippen LogP contribution is -2.48. The summed E-state index contributed by atoms with van der Waals surface area (Å²) in [7, 11) is 0. The lowest BCUT2D eigenvalue weighted by molar-refractivity contribution is -0.138. The Hall–Kier alpha value is -3.99. The van der Waals surface area contributed by atoms with Gasteiger partial charge in [0.05, 0.1) is 6.04 Å². The van der Waals surface area contributed by atoms with Crippen LogP contribution in [-0.4, -0.2) is 62.8 Å². The first-order chi connectivity index (χ1) is 21.5. The van der Waals surface area contributed by atoms with Gasteiger partial charge in [-0.15, -0.1) is 5.10 Å². The van der Waals surface area contributed by atoms with Gasteiger partial charge < -0.3 is 20.6 Å². The molecule has 4 atom stereocenters. The molecule has 0 unspecified atom stereocenters. The number of carbonyl (C=O) groups excluding carboxylic acids is 1. The molecule has 3 heterocycles. The number of halogens is 2. The Morgan fingerprint density at radius 3 is 2.51 bits per heavy atom. The molecule has 0 radical (unpaired) electrons. The number of hydrogen-bond donors (Lipinski definition) is 4. The van der Waals surface area contributed by atoms with Crippen LogP contribution < -0.4 is 15.5 Å². The number of rotatable bonds is 8. The van der Waals surface area contributed by atoms with E-state index >= 15 is 0 Å². The minimum absolute atomic E-state index is 0.0975. The summed E-state index contributed by atoms with van der Waals surface area (Å²) in [6.45, 7) is 7.27. The third-order valence-electron chi connectivity index (χ3n) is 8.84. The van der Waals surface area contributed by atoms with Crippen LogP contribution in [0.25, 0.3) is 11.4 Å². The zero-order valence-electron chi connectivity index (χ0n) is 25.2. The van der Waals surface area contributed by atoms with Crippen molar-refractivity contribution in [1.82, 2.24) is 31.3 Å². The van der Waals surface area contributed by atoms with Gasteiger partial charge in [0.1, 0.15) is 6.54 Å². The smallest absolute Gasteiger partial charge is 0.322 e. The van der Waals surface area contributed by atoms with Crippen molar-refractivity contribution in [3.63, 3.8) is 0 Å². The summed E-state index contributed by atoms with van der Waals surface area (Å²) in [5, 5.41) is 31.0. The minimum Gasteiger partial charge on any atom is -0.480 e. The number of nitrogens with one attached hydrogen (secondary N) is 3. The van der Waals surface area contributed by atoms with Gasteiger partial charge in [-0.1, -0.05) is 86.4 Å². The molecule has 6 rings (SSSR count). The van der Waals surface area contributed by atoms with Gasteiger partial charge in [-0.25, -0.2) is 5.10 Å². The van der Waals surface area contributed by atoms with E-state index < -0.39 is 29.9 Å². The third-order valence-corrected chi connectivity index (χ3v) is 9.42. The fourth-order valence-electron chi connectivity index (χ4n) is 7.13. The van der Waals surface area contributed by atoms with E-state index in [-0.39, 0.29) is 17.4 Å². The zero-order chi connectivity index (χ0) is 31.9. The Morgan fingerprint density at radius 1 is 1.09 bits per heavy atom. The average molecular weight is 649 g/mol. The molecule has 1 aromatic heterocycles. The van der Waals surface area contributed by atoms with Crippen LogP contribution in [0.4, 0.5) is 5.69 Å². The van der Waals surface area contributed by atoms with Crippen LogP contribution in [0.2, 0.25) is 10.0 Å². The first kappa shape index (κ1) is 31.0. The number of anilines is 1. The quantitative estimate of drug-likeness (QED) is 0.205. The first-order valence-corrected chi connectivity index (χ1v) is 15.6. The maximum Gasteiger partial charge on any atom is 0.322 e. The molecule has 3 aromatic carbocycles. The number of aliphatic carboxylic acids is 1. The molecule has 45 heavy (non-hydrogen) atoms. The molecule has 0 bridgehead atoms. The lowest BCUT2D eigenvalue weighted by atomic mass is 9.63. The molecule has 4 N–H and O–H groups in total. The van der Waals surface area contributed by atoms with E-state index in [0.29, 0.717) is 29.0 Å². The summed E-state index contributed by atoms with van der Waals surface area (Å²) < 4.78 is 0. The van der Waals surface area contributed by atoms with E-state index in [4.69, 9.17) is 23.2 Å². The topological polar surface area (TPSA) is 136 Å². The molecular formula is C33H35Cl2N7O3. The Labute approximate surface area is 271 Å². The van der Waals surface area contributed by atoms with E-state index in [1.165, 1.54) is 0 Å². The number of amides is 1. The van der Waals surface area contributed by atoms with Gasteiger partial charge >= 0.3 is 5.97 Å². The Bertz CT molecular complexity index is 1710. The molecular weight excluding hydrogens is 613 g/mol. The van der Waals surface area contributed by atoms with Crippen LogP contribution in [0, 0.1) is 5.41 Å². The summed E-state index contributed by atoms with van der Waals surface area (Å²) in [6.07, 6.45) is 0.746. The molecule has 2 aliphatic heterocycles. The molecule has 234 valence electrons. The standard InChI is InChI=1S/C33H35Cl2N7O3/c1-32(2,3)15-26-33(28(22-6-4-5-7-24(22)35)29(37-26)31(45)36-16-27(43)44)18-42(25-13-12-21(34)14-23(25)33)17-19-8-10-20(11-9-19)30-38-40-41-39-30/h4-14,26,28-29,37H,15-18H2,1-3H3,(H,36,45)(H,43,44)(H,38,39,40,41)/t26-,28-,29+,33-/m0/s1. The Balaban J connectivity index is 1.48. The predicted octanol–water partition coefficient (Wildman–Crippen LogP) is 5.19. The van der Waals surface area contributed by atoms with Crippen molar-refractivity contribution in [3.8, 4) is 11.4 Å². The second kappa shape index (κ2) is 12.1. The molecule has 10 nitrogen and oxygen atoms in total. The molecule has 12 heteroatoms. The minimum atomic E-state index is -1.11. The van der Waals surface area contributed by atoms with Gasteiger partial charge in [0.15, 0.2) is 5.82 Å². The highest BCUT2D eigenvalue weighted by Gasteiger charge is 2.62. The highest BCUT2D eigenvalue weighted by Crippen LogP contribution is 2.58. The largest absolute Gasteiger partial charge is 0.480 e. The number of tetrazole rings is 1. The van der Waals surface area contributed by atoms with Crippen molar-refractivity contribution in [2.24, 2.45) is 5.41 Å². The normalized spacial score (nSPS) is 22.5. The van der Waals surface area contributed by atoms with Crippen molar-refractivity contribution in [2.75, 3.05) is 18.0 Å². The first-order valence-electron chi connectivity index (χ1n) is 14.8. The summed E-state index contributed by atoms with van der Waals surface area (Å²) in [5.41, 5.74) is 4.15. The Morgan fingerprint density at radius 2 is 1.84 bits per heavy atom. The molecule has 2 aliphatic rings. The molecule has 1 saturated heterocycles. The summed E-state index contributed by atoms with van der Waals surface area (Å²) in [5.74, 6) is -1.31. The maximum absolute atomic E-state index is 13.8. The van der Waals surface area contributed by atoms with Crippen LogP contribution in [-0.2, 0) is 21.5 Å². The van der Waals surface area contributed by atoms with Gasteiger partial charge in [-0.3, -0.25) is 9.59 Å². The third kappa shape index (κ3) is 6.02. The number of fused-ring (bicyclic) bond motifs is 2. The highest BCUT2D eigenvalue weighted by atomic mass is 35.5. The molecule has 0 saturated carbocycles. The van der Waals surface area contributed by atoms with Crippen LogP contribution >= 0.6 is 23.2 Å². The van der Waals surface area contributed by atoms with Crippen LogP contribution in [0.3, 0.4) is 0 Å². The second-order valence-electron chi connectivity index (χ2n) is 13.1. The fourth-order valence-corrected chi connectivity index (χ4v) is 7.56. The van der Waals surface area contributed by atoms with Gasteiger partial charge in [0.25, 0.3) is 0 Å². The van der Waals surface area contributed by atoms with E-state index in [0.717, 1.165) is 34.4 Å². The number of carboxylic acid groups (broad SMARTS) is 1. The van der Waals surface area contributed by atoms with Crippen molar-refractivity contribution in [1.29, 1.82) is 0 Å². The van der Waals surface area contributed by atoms with E-state index in [9.17, 15) is 14.7 Å². The zero-order valence-corrected chi connectivity index (χ0v) is 26.7. The SMILES string of the molecule is CC(C)(C)C[C@@H]1N[C@@H](C(=O)NCC(=O)O)[C@H](c2ccccc2Cl)[C@]12CN(Cc1ccc(-c3nnn[nH]3)cc1)c1ccc(Cl)cc12. The number of benzene rings is 3. The summed E-state index contributed by atoms with van der Waals surface area (Å²) >= 11 is 13.6. The lowest BCUT2D eigenvalue weighted by Gasteiger charge is -2.40. The van der Waals surface area contributed by atoms with Gasteiger partial charge in [-0.05, 0) is 63.2 Å². The molecule has 0 aliphatic carbocycles. The van der Waals surface area contributed by atoms with E-state index in [1.54, 1.807) is 0 Å². The van der Waals surface area contributed by atoms with Crippen molar-refractivity contribution < 1.29 is 14.7 Å². The number of H-pyrrole nitrogens is 1. The monoisotopic (exact) mass is 647 g/mol. The maximum atomic E-state index is 13.8. The number of carbonyl (C=O) groups is 2. The number of aromatic nitrogens is 4. The number of hydrogen-bond acceptors (Lipinski definition) is 7. The number of aromatic amines is 1.